The van der Waals surface area contributed by atoms with Gasteiger partial charge in [-0.05, 0) is 45.7 Å². The van der Waals surface area contributed by atoms with E-state index in [4.69, 9.17) is 9.73 Å². The summed E-state index contributed by atoms with van der Waals surface area (Å²) in [6.45, 7) is 9.31. The van der Waals surface area contributed by atoms with Gasteiger partial charge in [0.25, 0.3) is 0 Å². The first-order valence-electron chi connectivity index (χ1n) is 8.53. The van der Waals surface area contributed by atoms with E-state index in [1.165, 1.54) is 5.56 Å². The molecule has 0 bridgehead atoms. The average Bonchev–Trinajstić information content (AvgIpc) is 2.54. The number of likely N-dealkylation sites (tertiary alicyclic amines) is 1. The standard InChI is InChI=1S/C18H29N3O2.HI/c1-4-19-18(21-11-9-16(22)10-12-21)20-13-15(3)23-17-7-5-14(2)6-8-17;/h5-8,15-16,22H,4,9-13H2,1-3H3,(H,19,20);1H. The number of rotatable bonds is 5. The minimum Gasteiger partial charge on any atom is -0.489 e. The number of hydrogen-bond donors (Lipinski definition) is 2. The average molecular weight is 447 g/mol. The molecule has 136 valence electrons. The molecule has 1 aromatic carbocycles. The largest absolute Gasteiger partial charge is 0.489 e. The number of aryl methyl sites for hydroxylation is 1. The van der Waals surface area contributed by atoms with E-state index in [-0.39, 0.29) is 36.2 Å². The Hall–Kier alpha value is -1.02. The number of nitrogens with zero attached hydrogens (tertiary/aromatic N) is 2. The Morgan fingerprint density at radius 1 is 1.33 bits per heavy atom. The van der Waals surface area contributed by atoms with Gasteiger partial charge in [0.1, 0.15) is 11.9 Å². The molecule has 1 heterocycles. The Labute approximate surface area is 162 Å². The van der Waals surface area contributed by atoms with E-state index >= 15 is 0 Å². The lowest BCUT2D eigenvalue weighted by Gasteiger charge is -2.32. The van der Waals surface area contributed by atoms with Crippen LogP contribution in [0.1, 0.15) is 32.3 Å². The second-order valence-corrected chi connectivity index (χ2v) is 6.15. The van der Waals surface area contributed by atoms with Crippen molar-refractivity contribution in [3.8, 4) is 5.75 Å². The maximum absolute atomic E-state index is 9.63. The van der Waals surface area contributed by atoms with Gasteiger partial charge in [-0.25, -0.2) is 4.99 Å². The molecule has 0 radical (unpaired) electrons. The molecule has 1 atom stereocenters. The van der Waals surface area contributed by atoms with E-state index in [1.54, 1.807) is 0 Å². The number of ether oxygens (including phenoxy) is 1. The Kier molecular flexibility index (Phi) is 9.43. The molecule has 5 nitrogen and oxygen atoms in total. The fraction of sp³-hybridized carbons (Fsp3) is 0.611. The van der Waals surface area contributed by atoms with Crippen LogP contribution in [0.5, 0.6) is 5.75 Å². The van der Waals surface area contributed by atoms with Crippen LogP contribution >= 0.6 is 24.0 Å². The summed E-state index contributed by atoms with van der Waals surface area (Å²) in [5.41, 5.74) is 1.23. The van der Waals surface area contributed by atoms with E-state index in [0.717, 1.165) is 44.2 Å². The van der Waals surface area contributed by atoms with Gasteiger partial charge in [-0.3, -0.25) is 0 Å². The lowest BCUT2D eigenvalue weighted by atomic mass is 10.1. The summed E-state index contributed by atoms with van der Waals surface area (Å²) in [4.78, 5) is 6.92. The Morgan fingerprint density at radius 2 is 1.96 bits per heavy atom. The molecule has 0 spiro atoms. The van der Waals surface area contributed by atoms with Crippen LogP contribution in [0, 0.1) is 6.92 Å². The third-order valence-corrected chi connectivity index (χ3v) is 3.96. The van der Waals surface area contributed by atoms with Crippen molar-refractivity contribution in [2.75, 3.05) is 26.2 Å². The van der Waals surface area contributed by atoms with Crippen molar-refractivity contribution in [3.05, 3.63) is 29.8 Å². The first-order chi connectivity index (χ1) is 11.1. The Balaban J connectivity index is 0.00000288. The quantitative estimate of drug-likeness (QED) is 0.414. The van der Waals surface area contributed by atoms with Crippen molar-refractivity contribution in [1.82, 2.24) is 10.2 Å². The fourth-order valence-corrected chi connectivity index (χ4v) is 2.60. The van der Waals surface area contributed by atoms with E-state index < -0.39 is 0 Å². The van der Waals surface area contributed by atoms with Crippen molar-refractivity contribution in [1.29, 1.82) is 0 Å². The summed E-state index contributed by atoms with van der Waals surface area (Å²) in [5, 5.41) is 13.0. The van der Waals surface area contributed by atoms with Gasteiger partial charge in [0.05, 0.1) is 12.6 Å². The normalized spacial score (nSPS) is 17.2. The predicted molar refractivity (Wildman–Crippen MR) is 109 cm³/mol. The molecule has 1 aliphatic heterocycles. The van der Waals surface area contributed by atoms with Gasteiger partial charge >= 0.3 is 0 Å². The topological polar surface area (TPSA) is 57.1 Å². The minimum absolute atomic E-state index is 0. The maximum atomic E-state index is 9.63. The smallest absolute Gasteiger partial charge is 0.194 e. The zero-order valence-electron chi connectivity index (χ0n) is 14.9. The van der Waals surface area contributed by atoms with Crippen LogP contribution in [0.4, 0.5) is 0 Å². The van der Waals surface area contributed by atoms with Crippen LogP contribution in [-0.4, -0.2) is 54.4 Å². The first kappa shape index (κ1) is 21.0. The van der Waals surface area contributed by atoms with Crippen molar-refractivity contribution in [2.24, 2.45) is 4.99 Å². The van der Waals surface area contributed by atoms with Gasteiger partial charge in [-0.15, -0.1) is 24.0 Å². The Bertz CT molecular complexity index is 499. The van der Waals surface area contributed by atoms with Gasteiger partial charge in [-0.2, -0.15) is 0 Å². The molecule has 0 aliphatic carbocycles. The van der Waals surface area contributed by atoms with Crippen LogP contribution in [0.15, 0.2) is 29.3 Å². The number of aliphatic hydroxyl groups is 1. The summed E-state index contributed by atoms with van der Waals surface area (Å²) >= 11 is 0. The van der Waals surface area contributed by atoms with E-state index in [2.05, 4.69) is 36.2 Å². The first-order valence-corrected chi connectivity index (χ1v) is 8.53. The number of benzene rings is 1. The van der Waals surface area contributed by atoms with Gasteiger partial charge in [0, 0.05) is 19.6 Å². The van der Waals surface area contributed by atoms with Crippen molar-refractivity contribution in [2.45, 2.75) is 45.8 Å². The highest BCUT2D eigenvalue weighted by molar-refractivity contribution is 14.0. The van der Waals surface area contributed by atoms with E-state index in [9.17, 15) is 5.11 Å². The van der Waals surface area contributed by atoms with Crippen LogP contribution in [-0.2, 0) is 0 Å². The van der Waals surface area contributed by atoms with E-state index in [1.807, 2.05) is 19.1 Å². The molecule has 6 heteroatoms. The third-order valence-electron chi connectivity index (χ3n) is 3.96. The van der Waals surface area contributed by atoms with Gasteiger partial charge in [-0.1, -0.05) is 17.7 Å². The number of nitrogens with one attached hydrogen (secondary N) is 1. The van der Waals surface area contributed by atoms with Crippen LogP contribution in [0.3, 0.4) is 0 Å². The molecule has 2 N–H and O–H groups in total. The van der Waals surface area contributed by atoms with Crippen molar-refractivity contribution < 1.29 is 9.84 Å². The van der Waals surface area contributed by atoms with Gasteiger partial charge < -0.3 is 20.1 Å². The molecule has 1 saturated heterocycles. The molecular weight excluding hydrogens is 417 g/mol. The highest BCUT2D eigenvalue weighted by Gasteiger charge is 2.19. The van der Waals surface area contributed by atoms with Crippen LogP contribution < -0.4 is 10.1 Å². The second kappa shape index (κ2) is 10.8. The number of halogens is 1. The van der Waals surface area contributed by atoms with Crippen molar-refractivity contribution >= 4 is 29.9 Å². The fourth-order valence-electron chi connectivity index (χ4n) is 2.60. The zero-order chi connectivity index (χ0) is 16.7. The minimum atomic E-state index is -0.169. The number of piperidine rings is 1. The summed E-state index contributed by atoms with van der Waals surface area (Å²) < 4.78 is 5.91. The zero-order valence-corrected chi connectivity index (χ0v) is 17.2. The van der Waals surface area contributed by atoms with Gasteiger partial charge in [0.2, 0.25) is 0 Å². The molecule has 0 saturated carbocycles. The summed E-state index contributed by atoms with van der Waals surface area (Å²) in [6, 6.07) is 8.09. The molecule has 24 heavy (non-hydrogen) atoms. The van der Waals surface area contributed by atoms with E-state index in [0.29, 0.717) is 6.54 Å². The second-order valence-electron chi connectivity index (χ2n) is 6.15. The molecule has 1 fully saturated rings. The third kappa shape index (κ3) is 6.84. The predicted octanol–water partition coefficient (Wildman–Crippen LogP) is 2.80. The molecule has 1 aromatic rings. The summed E-state index contributed by atoms with van der Waals surface area (Å²) in [6.07, 6.45) is 1.46. The molecular formula is C18H30IN3O2. The number of aliphatic hydroxyl groups excluding tert-OH is 1. The summed E-state index contributed by atoms with van der Waals surface area (Å²) in [5.74, 6) is 1.79. The lowest BCUT2D eigenvalue weighted by molar-refractivity contribution is 0.107. The number of guanidine groups is 1. The SMILES string of the molecule is CCNC(=NCC(C)Oc1ccc(C)cc1)N1CCC(O)CC1.I. The molecule has 1 unspecified atom stereocenters. The van der Waals surface area contributed by atoms with Crippen LogP contribution in [0.25, 0.3) is 0 Å². The van der Waals surface area contributed by atoms with Gasteiger partial charge in [0.15, 0.2) is 5.96 Å². The van der Waals surface area contributed by atoms with Crippen LogP contribution in [0.2, 0.25) is 0 Å². The van der Waals surface area contributed by atoms with Crippen molar-refractivity contribution in [3.63, 3.8) is 0 Å². The number of hydrogen-bond acceptors (Lipinski definition) is 3. The highest BCUT2D eigenvalue weighted by Crippen LogP contribution is 2.14. The summed E-state index contributed by atoms with van der Waals surface area (Å²) in [7, 11) is 0. The number of aliphatic imine (C=N–C) groups is 1. The monoisotopic (exact) mass is 447 g/mol. The molecule has 1 aliphatic rings. The Morgan fingerprint density at radius 3 is 2.54 bits per heavy atom. The molecule has 0 aromatic heterocycles. The molecule has 0 amide bonds. The lowest BCUT2D eigenvalue weighted by Crippen LogP contribution is -2.47. The maximum Gasteiger partial charge on any atom is 0.194 e. The molecule has 2 rings (SSSR count). The highest BCUT2D eigenvalue weighted by atomic mass is 127.